The fraction of sp³-hybridized carbons (Fsp3) is 0.381. The van der Waals surface area contributed by atoms with Gasteiger partial charge in [0.05, 0.1) is 13.7 Å². The monoisotopic (exact) mass is 404 g/mol. The van der Waals surface area contributed by atoms with Gasteiger partial charge in [0.25, 0.3) is 0 Å². The molecule has 1 aliphatic rings. The lowest BCUT2D eigenvalue weighted by atomic mass is 10.0. The second kappa shape index (κ2) is 10.4. The fourth-order valence-electron chi connectivity index (χ4n) is 2.92. The summed E-state index contributed by atoms with van der Waals surface area (Å²) in [5.41, 5.74) is 1.53. The molecule has 3 rings (SSSR count). The van der Waals surface area contributed by atoms with Gasteiger partial charge in [-0.25, -0.2) is 9.78 Å². The van der Waals surface area contributed by atoms with Crippen molar-refractivity contribution in [1.29, 1.82) is 0 Å². The Morgan fingerprint density at radius 1 is 1.17 bits per heavy atom. The smallest absolute Gasteiger partial charge is 0.184 e. The van der Waals surface area contributed by atoms with E-state index >= 15 is 0 Å². The first kappa shape index (κ1) is 21.4. The van der Waals surface area contributed by atoms with E-state index in [-0.39, 0.29) is 13.2 Å². The molecule has 2 N–H and O–H groups in total. The van der Waals surface area contributed by atoms with Gasteiger partial charge in [-0.3, -0.25) is 0 Å². The number of hydrogen-bond acceptors (Lipinski definition) is 8. The third kappa shape index (κ3) is 5.60. The van der Waals surface area contributed by atoms with Crippen LogP contribution in [0.1, 0.15) is 17.4 Å². The van der Waals surface area contributed by atoms with Gasteiger partial charge in [0, 0.05) is 5.56 Å². The van der Waals surface area contributed by atoms with Crippen LogP contribution >= 0.6 is 0 Å². The molecule has 2 aromatic carbocycles. The lowest BCUT2D eigenvalue weighted by molar-refractivity contribution is -0.383. The molecule has 1 fully saturated rings. The van der Waals surface area contributed by atoms with E-state index in [9.17, 15) is 15.0 Å². The molecular weight excluding hydrogens is 380 g/mol. The zero-order valence-corrected chi connectivity index (χ0v) is 15.9. The van der Waals surface area contributed by atoms with Crippen LogP contribution < -0.4 is 4.74 Å². The minimum absolute atomic E-state index is 0.0640. The first-order chi connectivity index (χ1) is 14.1. The van der Waals surface area contributed by atoms with Gasteiger partial charge in [0.15, 0.2) is 18.7 Å². The molecule has 0 amide bonds. The molecule has 0 bridgehead atoms. The summed E-state index contributed by atoms with van der Waals surface area (Å²) in [7, 11) is 1.56. The Hall–Kier alpha value is -2.33. The molecule has 8 heteroatoms. The molecule has 1 saturated heterocycles. The zero-order valence-electron chi connectivity index (χ0n) is 15.9. The largest absolute Gasteiger partial charge is 0.497 e. The maximum atomic E-state index is 11.2. The van der Waals surface area contributed by atoms with Crippen LogP contribution in [0.4, 0.5) is 0 Å². The van der Waals surface area contributed by atoms with E-state index in [0.717, 1.165) is 5.56 Å². The van der Waals surface area contributed by atoms with Gasteiger partial charge in [-0.2, -0.15) is 0 Å². The van der Waals surface area contributed by atoms with Crippen LogP contribution in [0.2, 0.25) is 0 Å². The van der Waals surface area contributed by atoms with Crippen LogP contribution in [0.3, 0.4) is 0 Å². The average Bonchev–Trinajstić information content (AvgIpc) is 2.78. The first-order valence-corrected chi connectivity index (χ1v) is 9.17. The summed E-state index contributed by atoms with van der Waals surface area (Å²) in [6.45, 7) is 0.0373. The zero-order chi connectivity index (χ0) is 20.6. The highest BCUT2D eigenvalue weighted by Crippen LogP contribution is 2.30. The van der Waals surface area contributed by atoms with E-state index in [1.54, 1.807) is 31.4 Å². The normalized spacial score (nSPS) is 23.9. The number of aliphatic hydroxyl groups is 2. The highest BCUT2D eigenvalue weighted by atomic mass is 17.2. The molecule has 156 valence electrons. The number of carbonyl (C=O) groups is 1. The molecule has 1 aliphatic heterocycles. The molecule has 0 aromatic heterocycles. The van der Waals surface area contributed by atoms with E-state index in [0.29, 0.717) is 17.6 Å². The number of benzene rings is 2. The van der Waals surface area contributed by atoms with Gasteiger partial charge in [0.2, 0.25) is 0 Å². The fourth-order valence-corrected chi connectivity index (χ4v) is 2.92. The van der Waals surface area contributed by atoms with Crippen LogP contribution in [0.5, 0.6) is 5.75 Å². The maximum absolute atomic E-state index is 11.2. The second-order valence-electron chi connectivity index (χ2n) is 6.54. The molecular formula is C21H24O8. The quantitative estimate of drug-likeness (QED) is 0.369. The van der Waals surface area contributed by atoms with Crippen molar-refractivity contribution in [2.75, 3.05) is 13.7 Å². The van der Waals surface area contributed by atoms with Gasteiger partial charge in [-0.1, -0.05) is 42.5 Å². The van der Waals surface area contributed by atoms with Gasteiger partial charge in [-0.15, -0.1) is 0 Å². The molecule has 8 nitrogen and oxygen atoms in total. The van der Waals surface area contributed by atoms with Crippen molar-refractivity contribution in [2.24, 2.45) is 0 Å². The summed E-state index contributed by atoms with van der Waals surface area (Å²) in [4.78, 5) is 21.7. The Bertz CT molecular complexity index is 751. The molecule has 0 saturated carbocycles. The summed E-state index contributed by atoms with van der Waals surface area (Å²) in [6.07, 6.45) is -5.47. The molecule has 1 heterocycles. The number of ether oxygens (including phenoxy) is 3. The van der Waals surface area contributed by atoms with Gasteiger partial charge >= 0.3 is 0 Å². The van der Waals surface area contributed by atoms with Crippen molar-refractivity contribution in [3.05, 3.63) is 65.7 Å². The molecule has 2 aromatic rings. The van der Waals surface area contributed by atoms with Crippen molar-refractivity contribution in [2.45, 2.75) is 37.3 Å². The Morgan fingerprint density at radius 2 is 1.90 bits per heavy atom. The standard InChI is InChI=1S/C21H24O8/c1-25-16-9-7-15(8-10-16)21-26-13-18(24)19(28-21)20(17(23)11-22)29-27-12-14-5-3-2-4-6-14/h2-11,17-21,23-24H,12-13H2,1H3/t17-,18+,19+,20+,21?/m0/s1. The van der Waals surface area contributed by atoms with Crippen molar-refractivity contribution in [3.63, 3.8) is 0 Å². The summed E-state index contributed by atoms with van der Waals surface area (Å²) < 4.78 is 16.5. The third-order valence-corrected chi connectivity index (χ3v) is 4.51. The minimum atomic E-state index is -1.56. The molecule has 1 unspecified atom stereocenters. The van der Waals surface area contributed by atoms with E-state index in [4.69, 9.17) is 24.0 Å². The Kier molecular flexibility index (Phi) is 7.70. The molecule has 0 aliphatic carbocycles. The van der Waals surface area contributed by atoms with Crippen molar-refractivity contribution >= 4 is 6.29 Å². The molecule has 0 spiro atoms. The Morgan fingerprint density at radius 3 is 2.55 bits per heavy atom. The van der Waals surface area contributed by atoms with Crippen LogP contribution in [0.25, 0.3) is 0 Å². The predicted octanol–water partition coefficient (Wildman–Crippen LogP) is 1.55. The van der Waals surface area contributed by atoms with E-state index in [1.807, 2.05) is 30.3 Å². The molecule has 5 atom stereocenters. The number of carbonyl (C=O) groups excluding carboxylic acids is 1. The van der Waals surface area contributed by atoms with Gasteiger partial charge in [0.1, 0.15) is 30.7 Å². The predicted molar refractivity (Wildman–Crippen MR) is 101 cm³/mol. The molecule has 29 heavy (non-hydrogen) atoms. The number of hydrogen-bond donors (Lipinski definition) is 2. The number of methoxy groups -OCH3 is 1. The van der Waals surface area contributed by atoms with Crippen molar-refractivity contribution in [3.8, 4) is 5.75 Å². The first-order valence-electron chi connectivity index (χ1n) is 9.17. The summed E-state index contributed by atoms with van der Waals surface area (Å²) >= 11 is 0. The third-order valence-electron chi connectivity index (χ3n) is 4.51. The van der Waals surface area contributed by atoms with Crippen LogP contribution in [-0.4, -0.2) is 54.6 Å². The topological polar surface area (TPSA) is 104 Å². The van der Waals surface area contributed by atoms with Crippen LogP contribution in [0, 0.1) is 0 Å². The minimum Gasteiger partial charge on any atom is -0.497 e. The lowest BCUT2D eigenvalue weighted by Gasteiger charge is -2.38. The van der Waals surface area contributed by atoms with Gasteiger partial charge in [-0.05, 0) is 17.7 Å². The average molecular weight is 404 g/mol. The number of aliphatic hydroxyl groups excluding tert-OH is 2. The number of aldehydes is 1. The second-order valence-corrected chi connectivity index (χ2v) is 6.54. The molecule has 0 radical (unpaired) electrons. The van der Waals surface area contributed by atoms with Crippen LogP contribution in [-0.2, 0) is 30.7 Å². The maximum Gasteiger partial charge on any atom is 0.184 e. The summed E-state index contributed by atoms with van der Waals surface area (Å²) in [5, 5.41) is 20.4. The van der Waals surface area contributed by atoms with E-state index < -0.39 is 30.7 Å². The summed E-state index contributed by atoms with van der Waals surface area (Å²) in [5.74, 6) is 0.674. The summed E-state index contributed by atoms with van der Waals surface area (Å²) in [6, 6.07) is 16.3. The SMILES string of the molecule is COc1ccc(C2OC[C@@H](O)[C@H]([C@H](OOCc3ccccc3)[C@@H](O)C=O)O2)cc1. The van der Waals surface area contributed by atoms with E-state index in [2.05, 4.69) is 0 Å². The highest BCUT2D eigenvalue weighted by Gasteiger charge is 2.42. The number of rotatable bonds is 9. The highest BCUT2D eigenvalue weighted by molar-refractivity contribution is 5.56. The van der Waals surface area contributed by atoms with Gasteiger partial charge < -0.3 is 29.2 Å². The van der Waals surface area contributed by atoms with Crippen molar-refractivity contribution < 1.29 is 39.0 Å². The Balaban J connectivity index is 1.68. The Labute approximate surface area is 168 Å². The lowest BCUT2D eigenvalue weighted by Crippen LogP contribution is -2.53. The van der Waals surface area contributed by atoms with Crippen molar-refractivity contribution in [1.82, 2.24) is 0 Å². The van der Waals surface area contributed by atoms with Crippen LogP contribution in [0.15, 0.2) is 54.6 Å². The van der Waals surface area contributed by atoms with E-state index in [1.165, 1.54) is 0 Å².